The first-order valence-electron chi connectivity index (χ1n) is 8.80. The highest BCUT2D eigenvalue weighted by Gasteiger charge is 2.51. The Kier molecular flexibility index (Phi) is 4.10. The van der Waals surface area contributed by atoms with E-state index in [2.05, 4.69) is 9.71 Å². The van der Waals surface area contributed by atoms with Gasteiger partial charge in [-0.05, 0) is 42.0 Å². The minimum absolute atomic E-state index is 0.221. The van der Waals surface area contributed by atoms with Crippen LogP contribution in [0.5, 0.6) is 0 Å². The van der Waals surface area contributed by atoms with Crippen LogP contribution in [0.25, 0.3) is 0 Å². The van der Waals surface area contributed by atoms with E-state index in [0.29, 0.717) is 16.9 Å². The summed E-state index contributed by atoms with van der Waals surface area (Å²) in [6.45, 7) is 1.99. The quantitative estimate of drug-likeness (QED) is 0.817. The molecule has 1 saturated carbocycles. The average Bonchev–Trinajstić information content (AvgIpc) is 3.33. The number of benzene rings is 2. The Morgan fingerprint density at radius 3 is 2.56 bits per heavy atom. The zero-order chi connectivity index (χ0) is 19.4. The van der Waals surface area contributed by atoms with Crippen LogP contribution in [0.1, 0.15) is 36.8 Å². The molecule has 1 aliphatic heterocycles. The van der Waals surface area contributed by atoms with E-state index in [1.54, 1.807) is 18.3 Å². The Morgan fingerprint density at radius 1 is 1.19 bits per heavy atom. The molecule has 2 aromatic carbocycles. The molecule has 0 aromatic heterocycles. The van der Waals surface area contributed by atoms with Gasteiger partial charge in [-0.15, -0.1) is 0 Å². The molecule has 1 unspecified atom stereocenters. The van der Waals surface area contributed by atoms with Crippen LogP contribution in [-0.4, -0.2) is 20.9 Å². The second-order valence-corrected chi connectivity index (χ2v) is 9.30. The van der Waals surface area contributed by atoms with Gasteiger partial charge in [-0.3, -0.25) is 9.71 Å². The van der Waals surface area contributed by atoms with Crippen molar-refractivity contribution in [2.75, 3.05) is 11.0 Å². The van der Waals surface area contributed by atoms with E-state index in [-0.39, 0.29) is 11.8 Å². The molecular weight excluding hydrogens is 370 g/mol. The molecule has 4 nitrogen and oxygen atoms in total. The zero-order valence-corrected chi connectivity index (χ0v) is 15.9. The van der Waals surface area contributed by atoms with Gasteiger partial charge >= 0.3 is 0 Å². The Balaban J connectivity index is 1.82. The molecule has 2 aromatic rings. The molecule has 2 atom stereocenters. The van der Waals surface area contributed by atoms with Gasteiger partial charge in [0.2, 0.25) is 10.0 Å². The van der Waals surface area contributed by atoms with Gasteiger partial charge < -0.3 is 0 Å². The number of rotatable bonds is 5. The SMILES string of the molecule is C[C@@](c1ccc(F)cc1F)(C1CC1)C1C=Nc2c(NS(C)(=O)=O)cccc21. The van der Waals surface area contributed by atoms with E-state index in [9.17, 15) is 17.2 Å². The molecule has 7 heteroatoms. The van der Waals surface area contributed by atoms with Crippen LogP contribution in [0.3, 0.4) is 0 Å². The van der Waals surface area contributed by atoms with Crippen molar-refractivity contribution in [1.82, 2.24) is 0 Å². The Hall–Kier alpha value is -2.28. The number of para-hydroxylation sites is 1. The van der Waals surface area contributed by atoms with Crippen molar-refractivity contribution >= 4 is 27.6 Å². The first-order valence-corrected chi connectivity index (χ1v) is 10.7. The Morgan fingerprint density at radius 2 is 1.93 bits per heavy atom. The van der Waals surface area contributed by atoms with E-state index in [1.165, 1.54) is 12.1 Å². The van der Waals surface area contributed by atoms with Crippen molar-refractivity contribution in [1.29, 1.82) is 0 Å². The topological polar surface area (TPSA) is 58.5 Å². The van der Waals surface area contributed by atoms with Crippen LogP contribution in [0.15, 0.2) is 41.4 Å². The minimum Gasteiger partial charge on any atom is -0.282 e. The summed E-state index contributed by atoms with van der Waals surface area (Å²) in [6.07, 6.45) is 4.78. The van der Waals surface area contributed by atoms with Crippen molar-refractivity contribution in [3.8, 4) is 0 Å². The molecule has 1 N–H and O–H groups in total. The minimum atomic E-state index is -3.44. The lowest BCUT2D eigenvalue weighted by molar-refractivity contribution is 0.369. The van der Waals surface area contributed by atoms with E-state index < -0.39 is 27.1 Å². The maximum Gasteiger partial charge on any atom is 0.229 e. The fraction of sp³-hybridized carbons (Fsp3) is 0.350. The lowest BCUT2D eigenvalue weighted by Crippen LogP contribution is -2.34. The summed E-state index contributed by atoms with van der Waals surface area (Å²) in [5.74, 6) is -1.13. The Bertz CT molecular complexity index is 1050. The lowest BCUT2D eigenvalue weighted by atomic mass is 9.66. The molecule has 0 amide bonds. The molecule has 27 heavy (non-hydrogen) atoms. The number of aliphatic imine (C=N–C) groups is 1. The predicted molar refractivity (Wildman–Crippen MR) is 102 cm³/mol. The molecule has 0 bridgehead atoms. The molecule has 0 radical (unpaired) electrons. The first-order chi connectivity index (χ1) is 12.7. The smallest absolute Gasteiger partial charge is 0.229 e. The lowest BCUT2D eigenvalue weighted by Gasteiger charge is -2.36. The van der Waals surface area contributed by atoms with Crippen LogP contribution in [0.4, 0.5) is 20.2 Å². The van der Waals surface area contributed by atoms with Gasteiger partial charge in [-0.25, -0.2) is 17.2 Å². The standard InChI is InChI=1S/C20H20F2N2O2S/c1-20(12-6-7-12,15-9-8-13(21)10-17(15)22)16-11-23-19-14(16)4-3-5-18(19)24-27(2,25)26/h3-5,8-12,16,24H,6-7H2,1-2H3/t16?,20-/m0/s1. The number of nitrogens with one attached hydrogen (secondary N) is 1. The van der Waals surface area contributed by atoms with Crippen molar-refractivity contribution in [3.63, 3.8) is 0 Å². The van der Waals surface area contributed by atoms with Gasteiger partial charge in [-0.1, -0.05) is 25.1 Å². The first kappa shape index (κ1) is 18.1. The number of nitrogens with zero attached hydrogens (tertiary/aromatic N) is 1. The molecule has 2 aliphatic rings. The maximum atomic E-state index is 14.7. The number of sulfonamides is 1. The monoisotopic (exact) mass is 390 g/mol. The van der Waals surface area contributed by atoms with Gasteiger partial charge in [0.15, 0.2) is 0 Å². The van der Waals surface area contributed by atoms with Crippen LogP contribution >= 0.6 is 0 Å². The van der Waals surface area contributed by atoms with Gasteiger partial charge in [-0.2, -0.15) is 0 Å². The molecule has 0 saturated heterocycles. The fourth-order valence-electron chi connectivity index (χ4n) is 4.20. The third-order valence-electron chi connectivity index (χ3n) is 5.63. The van der Waals surface area contributed by atoms with E-state index in [1.807, 2.05) is 13.0 Å². The molecule has 1 fully saturated rings. The molecule has 0 spiro atoms. The second kappa shape index (κ2) is 6.12. The highest BCUT2D eigenvalue weighted by atomic mass is 32.2. The summed E-state index contributed by atoms with van der Waals surface area (Å²) in [5.41, 5.74) is 1.70. The average molecular weight is 390 g/mol. The summed E-state index contributed by atoms with van der Waals surface area (Å²) in [5, 5.41) is 0. The van der Waals surface area contributed by atoms with Crippen LogP contribution < -0.4 is 4.72 Å². The summed E-state index contributed by atoms with van der Waals surface area (Å²) in [4.78, 5) is 4.47. The maximum absolute atomic E-state index is 14.7. The molecule has 1 aliphatic carbocycles. The number of fused-ring (bicyclic) bond motifs is 1. The molecular formula is C20H20F2N2O2S. The van der Waals surface area contributed by atoms with Gasteiger partial charge in [0.25, 0.3) is 0 Å². The van der Waals surface area contributed by atoms with Crippen molar-refractivity contribution < 1.29 is 17.2 Å². The fourth-order valence-corrected chi connectivity index (χ4v) is 4.76. The highest BCUT2D eigenvalue weighted by Crippen LogP contribution is 2.57. The van der Waals surface area contributed by atoms with Crippen LogP contribution in [-0.2, 0) is 15.4 Å². The second-order valence-electron chi connectivity index (χ2n) is 7.55. The largest absolute Gasteiger partial charge is 0.282 e. The molecule has 4 rings (SSSR count). The normalized spacial score (nSPS) is 21.0. The number of hydrogen-bond donors (Lipinski definition) is 1. The number of hydrogen-bond acceptors (Lipinski definition) is 3. The third kappa shape index (κ3) is 3.14. The molecule has 1 heterocycles. The summed E-state index contributed by atoms with van der Waals surface area (Å²) in [7, 11) is -3.44. The highest BCUT2D eigenvalue weighted by molar-refractivity contribution is 7.92. The summed E-state index contributed by atoms with van der Waals surface area (Å²) in [6, 6.07) is 9.04. The van der Waals surface area contributed by atoms with Gasteiger partial charge in [0, 0.05) is 23.6 Å². The summed E-state index contributed by atoms with van der Waals surface area (Å²) < 4.78 is 53.9. The predicted octanol–water partition coefficient (Wildman–Crippen LogP) is 4.50. The summed E-state index contributed by atoms with van der Waals surface area (Å²) >= 11 is 0. The number of halogens is 2. The van der Waals surface area contributed by atoms with E-state index in [4.69, 9.17) is 0 Å². The zero-order valence-electron chi connectivity index (χ0n) is 15.0. The molecule has 142 valence electrons. The van der Waals surface area contributed by atoms with E-state index >= 15 is 0 Å². The van der Waals surface area contributed by atoms with E-state index in [0.717, 1.165) is 30.7 Å². The van der Waals surface area contributed by atoms with Crippen molar-refractivity contribution in [2.45, 2.75) is 31.1 Å². The van der Waals surface area contributed by atoms with Gasteiger partial charge in [0.05, 0.1) is 17.6 Å². The van der Waals surface area contributed by atoms with Crippen molar-refractivity contribution in [2.24, 2.45) is 10.9 Å². The Labute approximate surface area is 157 Å². The van der Waals surface area contributed by atoms with Crippen LogP contribution in [0.2, 0.25) is 0 Å². The third-order valence-corrected chi connectivity index (χ3v) is 6.22. The van der Waals surface area contributed by atoms with Crippen molar-refractivity contribution in [3.05, 3.63) is 59.2 Å². The van der Waals surface area contributed by atoms with Gasteiger partial charge in [0.1, 0.15) is 11.6 Å². The number of anilines is 1. The van der Waals surface area contributed by atoms with Crippen LogP contribution in [0, 0.1) is 17.6 Å².